The molecule has 0 aliphatic heterocycles. The second kappa shape index (κ2) is 6.58. The van der Waals surface area contributed by atoms with Crippen LogP contribution in [0.25, 0.3) is 0 Å². The van der Waals surface area contributed by atoms with Crippen molar-refractivity contribution >= 4 is 34.7 Å². The molecule has 2 N–H and O–H groups in total. The average molecular weight is 330 g/mol. The Balaban J connectivity index is 1.79. The predicted molar refractivity (Wildman–Crippen MR) is 89.0 cm³/mol. The van der Waals surface area contributed by atoms with Gasteiger partial charge in [0, 0.05) is 11.4 Å². The molecule has 0 bridgehead atoms. The van der Waals surface area contributed by atoms with Crippen molar-refractivity contribution < 1.29 is 4.39 Å². The zero-order chi connectivity index (χ0) is 16.2. The Kier molecular flexibility index (Phi) is 4.34. The number of nitrogens with zero attached hydrogens (tertiary/aromatic N) is 3. The van der Waals surface area contributed by atoms with Crippen molar-refractivity contribution in [2.45, 2.75) is 6.92 Å². The van der Waals surface area contributed by atoms with Gasteiger partial charge in [-0.2, -0.15) is 10.1 Å². The zero-order valence-electron chi connectivity index (χ0n) is 12.2. The van der Waals surface area contributed by atoms with Gasteiger partial charge in [0.1, 0.15) is 5.82 Å². The van der Waals surface area contributed by atoms with Gasteiger partial charge in [0.15, 0.2) is 5.82 Å². The van der Waals surface area contributed by atoms with E-state index in [0.29, 0.717) is 17.5 Å². The molecule has 2 aromatic carbocycles. The van der Waals surface area contributed by atoms with Crippen molar-refractivity contribution in [1.29, 1.82) is 0 Å². The number of rotatable bonds is 4. The highest BCUT2D eigenvalue weighted by atomic mass is 35.5. The van der Waals surface area contributed by atoms with Gasteiger partial charge in [-0.1, -0.05) is 29.8 Å². The molecule has 3 aromatic rings. The van der Waals surface area contributed by atoms with Gasteiger partial charge in [-0.15, -0.1) is 5.10 Å². The Hall–Kier alpha value is -2.73. The van der Waals surface area contributed by atoms with E-state index in [2.05, 4.69) is 25.8 Å². The van der Waals surface area contributed by atoms with Crippen LogP contribution in [0.4, 0.5) is 27.5 Å². The fourth-order valence-corrected chi connectivity index (χ4v) is 2.15. The molecule has 116 valence electrons. The van der Waals surface area contributed by atoms with Gasteiger partial charge in [-0.3, -0.25) is 0 Å². The van der Waals surface area contributed by atoms with E-state index in [9.17, 15) is 4.39 Å². The lowest BCUT2D eigenvalue weighted by molar-refractivity contribution is 0.628. The van der Waals surface area contributed by atoms with Crippen molar-refractivity contribution in [2.24, 2.45) is 0 Å². The summed E-state index contributed by atoms with van der Waals surface area (Å²) in [6.45, 7) is 1.98. The second-order valence-corrected chi connectivity index (χ2v) is 5.27. The summed E-state index contributed by atoms with van der Waals surface area (Å²) < 4.78 is 13.2. The summed E-state index contributed by atoms with van der Waals surface area (Å²) in [7, 11) is 0. The van der Waals surface area contributed by atoms with Gasteiger partial charge < -0.3 is 10.6 Å². The lowest BCUT2D eigenvalue weighted by atomic mass is 10.2. The molecule has 0 saturated carbocycles. The lowest BCUT2D eigenvalue weighted by Gasteiger charge is -2.09. The number of aryl methyl sites for hydroxylation is 1. The van der Waals surface area contributed by atoms with E-state index >= 15 is 0 Å². The van der Waals surface area contributed by atoms with Crippen molar-refractivity contribution in [3.63, 3.8) is 0 Å². The number of para-hydroxylation sites is 1. The van der Waals surface area contributed by atoms with E-state index in [4.69, 9.17) is 11.6 Å². The van der Waals surface area contributed by atoms with Crippen LogP contribution in [0.5, 0.6) is 0 Å². The highest BCUT2D eigenvalue weighted by Crippen LogP contribution is 2.22. The van der Waals surface area contributed by atoms with Crippen LogP contribution in [-0.2, 0) is 0 Å². The molecule has 7 heteroatoms. The third kappa shape index (κ3) is 3.73. The largest absolute Gasteiger partial charge is 0.339 e. The molecule has 0 unspecified atom stereocenters. The van der Waals surface area contributed by atoms with Crippen LogP contribution in [-0.4, -0.2) is 15.2 Å². The molecule has 0 saturated heterocycles. The van der Waals surface area contributed by atoms with Gasteiger partial charge in [-0.25, -0.2) is 4.39 Å². The van der Waals surface area contributed by atoms with Crippen molar-refractivity contribution in [3.05, 3.63) is 65.1 Å². The third-order valence-corrected chi connectivity index (χ3v) is 3.43. The first-order valence-corrected chi connectivity index (χ1v) is 7.24. The summed E-state index contributed by atoms with van der Waals surface area (Å²) in [5, 5.41) is 14.0. The Morgan fingerprint density at radius 3 is 2.70 bits per heavy atom. The van der Waals surface area contributed by atoms with E-state index < -0.39 is 5.82 Å². The summed E-state index contributed by atoms with van der Waals surface area (Å²) in [6.07, 6.45) is 1.47. The summed E-state index contributed by atoms with van der Waals surface area (Å²) in [4.78, 5) is 4.32. The summed E-state index contributed by atoms with van der Waals surface area (Å²) in [6, 6.07) is 12.1. The molecule has 3 rings (SSSR count). The quantitative estimate of drug-likeness (QED) is 0.740. The highest BCUT2D eigenvalue weighted by Gasteiger charge is 2.05. The molecular formula is C16H13ClFN5. The van der Waals surface area contributed by atoms with Crippen LogP contribution in [0.3, 0.4) is 0 Å². The molecule has 0 amide bonds. The maximum Gasteiger partial charge on any atom is 0.249 e. The smallest absolute Gasteiger partial charge is 0.249 e. The van der Waals surface area contributed by atoms with Crippen molar-refractivity contribution in [2.75, 3.05) is 10.6 Å². The summed E-state index contributed by atoms with van der Waals surface area (Å²) in [5.74, 6) is 0.358. The third-order valence-electron chi connectivity index (χ3n) is 3.14. The van der Waals surface area contributed by atoms with E-state index in [1.165, 1.54) is 18.3 Å². The summed E-state index contributed by atoms with van der Waals surface area (Å²) >= 11 is 5.76. The monoisotopic (exact) mass is 329 g/mol. The van der Waals surface area contributed by atoms with Gasteiger partial charge in [-0.05, 0) is 36.8 Å². The Labute approximate surface area is 137 Å². The highest BCUT2D eigenvalue weighted by molar-refractivity contribution is 6.31. The molecule has 0 atom stereocenters. The predicted octanol–water partition coefficient (Wildman–Crippen LogP) is 4.46. The van der Waals surface area contributed by atoms with Crippen LogP contribution < -0.4 is 10.6 Å². The second-order valence-electron chi connectivity index (χ2n) is 4.86. The zero-order valence-corrected chi connectivity index (χ0v) is 13.0. The molecule has 1 aromatic heterocycles. The fraction of sp³-hybridized carbons (Fsp3) is 0.0625. The van der Waals surface area contributed by atoms with E-state index in [1.807, 2.05) is 31.2 Å². The molecular weight excluding hydrogens is 317 g/mol. The topological polar surface area (TPSA) is 62.7 Å². The van der Waals surface area contributed by atoms with Crippen molar-refractivity contribution in [1.82, 2.24) is 15.2 Å². The molecule has 0 spiro atoms. The SMILES string of the molecule is Cc1ccccc1Nc1nncc(Nc2ccc(F)c(Cl)c2)n1. The van der Waals surface area contributed by atoms with Crippen LogP contribution in [0.2, 0.25) is 5.02 Å². The van der Waals surface area contributed by atoms with E-state index in [1.54, 1.807) is 6.07 Å². The number of nitrogens with one attached hydrogen (secondary N) is 2. The number of benzene rings is 2. The number of aromatic nitrogens is 3. The Bertz CT molecular complexity index is 840. The maximum absolute atomic E-state index is 13.2. The van der Waals surface area contributed by atoms with Crippen LogP contribution in [0, 0.1) is 12.7 Å². The first-order chi connectivity index (χ1) is 11.1. The molecule has 5 nitrogen and oxygen atoms in total. The number of halogens is 2. The molecule has 0 fully saturated rings. The molecule has 0 radical (unpaired) electrons. The van der Waals surface area contributed by atoms with Crippen LogP contribution >= 0.6 is 11.6 Å². The van der Waals surface area contributed by atoms with Crippen LogP contribution in [0.1, 0.15) is 5.56 Å². The maximum atomic E-state index is 13.2. The minimum Gasteiger partial charge on any atom is -0.339 e. The molecule has 1 heterocycles. The fourth-order valence-electron chi connectivity index (χ4n) is 1.97. The Morgan fingerprint density at radius 2 is 1.91 bits per heavy atom. The van der Waals surface area contributed by atoms with Gasteiger partial charge in [0.2, 0.25) is 5.95 Å². The number of hydrogen-bond donors (Lipinski definition) is 2. The first kappa shape index (κ1) is 15.2. The van der Waals surface area contributed by atoms with Crippen molar-refractivity contribution in [3.8, 4) is 0 Å². The lowest BCUT2D eigenvalue weighted by Crippen LogP contribution is -2.03. The van der Waals surface area contributed by atoms with Gasteiger partial charge >= 0.3 is 0 Å². The Morgan fingerprint density at radius 1 is 1.09 bits per heavy atom. The normalized spacial score (nSPS) is 10.4. The average Bonchev–Trinajstić information content (AvgIpc) is 2.54. The minimum absolute atomic E-state index is 0.0373. The summed E-state index contributed by atoms with van der Waals surface area (Å²) in [5.41, 5.74) is 2.58. The van der Waals surface area contributed by atoms with Crippen LogP contribution in [0.15, 0.2) is 48.7 Å². The van der Waals surface area contributed by atoms with Gasteiger partial charge in [0.05, 0.1) is 11.2 Å². The molecule has 23 heavy (non-hydrogen) atoms. The van der Waals surface area contributed by atoms with Gasteiger partial charge in [0.25, 0.3) is 0 Å². The first-order valence-electron chi connectivity index (χ1n) is 6.86. The molecule has 0 aliphatic rings. The standard InChI is InChI=1S/C16H13ClFN5/c1-10-4-2-3-5-14(10)21-16-22-15(9-19-23-16)20-11-6-7-13(18)12(17)8-11/h2-9H,1H3,(H2,20,21,22,23). The van der Waals surface area contributed by atoms with E-state index in [0.717, 1.165) is 11.3 Å². The van der Waals surface area contributed by atoms with E-state index in [-0.39, 0.29) is 5.02 Å². The molecule has 0 aliphatic carbocycles. The number of hydrogen-bond acceptors (Lipinski definition) is 5. The number of anilines is 4. The minimum atomic E-state index is -0.472.